The second kappa shape index (κ2) is 3.77. The van der Waals surface area contributed by atoms with Crippen LogP contribution in [-0.4, -0.2) is 42.4 Å². The molecule has 0 radical (unpaired) electrons. The summed E-state index contributed by atoms with van der Waals surface area (Å²) < 4.78 is 16.6. The molecule has 6 atom stereocenters. The van der Waals surface area contributed by atoms with Gasteiger partial charge in [-0.3, -0.25) is 0 Å². The van der Waals surface area contributed by atoms with Crippen molar-refractivity contribution in [3.05, 3.63) is 0 Å². The Bertz CT molecular complexity index is 206. The molecule has 0 aromatic heterocycles. The van der Waals surface area contributed by atoms with Crippen molar-refractivity contribution in [2.24, 2.45) is 5.92 Å². The molecule has 0 saturated carbocycles. The first kappa shape index (κ1) is 10.4. The van der Waals surface area contributed by atoms with Gasteiger partial charge in [0, 0.05) is 5.92 Å². The fourth-order valence-corrected chi connectivity index (χ4v) is 2.23. The van der Waals surface area contributed by atoms with E-state index in [1.165, 1.54) is 0 Å². The average Bonchev–Trinajstić information content (AvgIpc) is 2.16. The average molecular weight is 202 g/mol. The molecule has 2 heterocycles. The number of aliphatic hydroxyl groups excluding tert-OH is 1. The van der Waals surface area contributed by atoms with Gasteiger partial charge in [-0.15, -0.1) is 0 Å². The van der Waals surface area contributed by atoms with E-state index < -0.39 is 6.10 Å². The van der Waals surface area contributed by atoms with Crippen molar-refractivity contribution >= 4 is 0 Å². The van der Waals surface area contributed by atoms with Crippen LogP contribution in [0.4, 0.5) is 0 Å². The molecule has 2 fully saturated rings. The van der Waals surface area contributed by atoms with Gasteiger partial charge >= 0.3 is 0 Å². The molecule has 2 aliphatic heterocycles. The van der Waals surface area contributed by atoms with E-state index in [1.54, 1.807) is 0 Å². The monoisotopic (exact) mass is 202 g/mol. The molecule has 4 heteroatoms. The molecular weight excluding hydrogens is 184 g/mol. The van der Waals surface area contributed by atoms with Crippen LogP contribution < -0.4 is 0 Å². The zero-order chi connectivity index (χ0) is 10.3. The van der Waals surface area contributed by atoms with E-state index in [2.05, 4.69) is 0 Å². The highest BCUT2D eigenvalue weighted by Crippen LogP contribution is 2.31. The zero-order valence-electron chi connectivity index (χ0n) is 8.84. The fraction of sp³-hybridized carbons (Fsp3) is 1.00. The van der Waals surface area contributed by atoms with Gasteiger partial charge < -0.3 is 19.3 Å². The lowest BCUT2D eigenvalue weighted by molar-refractivity contribution is -0.306. The van der Waals surface area contributed by atoms with Crippen LogP contribution >= 0.6 is 0 Å². The smallest absolute Gasteiger partial charge is 0.155 e. The second-order valence-corrected chi connectivity index (χ2v) is 4.23. The topological polar surface area (TPSA) is 47.9 Å². The minimum absolute atomic E-state index is 0.0281. The predicted molar refractivity (Wildman–Crippen MR) is 49.8 cm³/mol. The van der Waals surface area contributed by atoms with Crippen LogP contribution in [0.2, 0.25) is 0 Å². The highest BCUT2D eigenvalue weighted by atomic mass is 16.7. The Morgan fingerprint density at radius 2 is 1.86 bits per heavy atom. The van der Waals surface area contributed by atoms with E-state index in [0.717, 1.165) is 0 Å². The van der Waals surface area contributed by atoms with Crippen molar-refractivity contribution in [1.29, 1.82) is 0 Å². The molecular formula is C10H18O4. The van der Waals surface area contributed by atoms with Crippen molar-refractivity contribution < 1.29 is 19.3 Å². The van der Waals surface area contributed by atoms with Crippen molar-refractivity contribution in [2.75, 3.05) is 6.61 Å². The Labute approximate surface area is 84.1 Å². The number of ether oxygens (including phenoxy) is 3. The van der Waals surface area contributed by atoms with Crippen LogP contribution in [0, 0.1) is 5.92 Å². The Balaban J connectivity index is 2.08. The number of rotatable bonds is 0. The molecule has 14 heavy (non-hydrogen) atoms. The molecule has 2 aliphatic rings. The Morgan fingerprint density at radius 1 is 1.14 bits per heavy atom. The normalized spacial score (nSPS) is 54.0. The maximum absolute atomic E-state index is 9.83. The lowest BCUT2D eigenvalue weighted by atomic mass is 9.88. The molecule has 0 amide bonds. The molecule has 4 nitrogen and oxygen atoms in total. The molecule has 2 rings (SSSR count). The SMILES string of the molecule is CC1OCC2OC(C)C(O)C(C)C2O1. The van der Waals surface area contributed by atoms with Crippen LogP contribution in [0.1, 0.15) is 20.8 Å². The highest BCUT2D eigenvalue weighted by molar-refractivity contribution is 4.90. The van der Waals surface area contributed by atoms with Crippen LogP contribution in [0.15, 0.2) is 0 Å². The Hall–Kier alpha value is -0.160. The van der Waals surface area contributed by atoms with Crippen molar-refractivity contribution in [3.63, 3.8) is 0 Å². The van der Waals surface area contributed by atoms with E-state index in [4.69, 9.17) is 14.2 Å². The quantitative estimate of drug-likeness (QED) is 0.622. The predicted octanol–water partition coefficient (Wildman–Crippen LogP) is 0.532. The van der Waals surface area contributed by atoms with Crippen LogP contribution in [-0.2, 0) is 14.2 Å². The van der Waals surface area contributed by atoms with Crippen molar-refractivity contribution in [1.82, 2.24) is 0 Å². The third kappa shape index (κ3) is 1.67. The molecule has 1 N–H and O–H groups in total. The summed E-state index contributed by atoms with van der Waals surface area (Å²) in [6.07, 6.45) is -0.833. The molecule has 0 spiro atoms. The summed E-state index contributed by atoms with van der Waals surface area (Å²) in [5.74, 6) is 0.107. The molecule has 0 aromatic carbocycles. The van der Waals surface area contributed by atoms with Gasteiger partial charge in [0.1, 0.15) is 6.10 Å². The molecule has 0 bridgehead atoms. The van der Waals surface area contributed by atoms with Gasteiger partial charge in [-0.1, -0.05) is 6.92 Å². The van der Waals surface area contributed by atoms with Gasteiger partial charge in [-0.25, -0.2) is 0 Å². The van der Waals surface area contributed by atoms with E-state index in [1.807, 2.05) is 20.8 Å². The first-order chi connectivity index (χ1) is 6.59. The maximum Gasteiger partial charge on any atom is 0.155 e. The fourth-order valence-electron chi connectivity index (χ4n) is 2.23. The largest absolute Gasteiger partial charge is 0.390 e. The summed E-state index contributed by atoms with van der Waals surface area (Å²) in [6.45, 7) is 6.31. The van der Waals surface area contributed by atoms with Crippen LogP contribution in [0.25, 0.3) is 0 Å². The Morgan fingerprint density at radius 3 is 2.57 bits per heavy atom. The van der Waals surface area contributed by atoms with Crippen molar-refractivity contribution in [2.45, 2.75) is 51.5 Å². The van der Waals surface area contributed by atoms with Gasteiger partial charge in [-0.05, 0) is 13.8 Å². The number of aliphatic hydroxyl groups is 1. The van der Waals surface area contributed by atoms with Crippen LogP contribution in [0.5, 0.6) is 0 Å². The molecule has 0 aromatic rings. The third-order valence-corrected chi connectivity index (χ3v) is 3.14. The summed E-state index contributed by atoms with van der Waals surface area (Å²) in [5.41, 5.74) is 0. The number of hydrogen-bond acceptors (Lipinski definition) is 4. The van der Waals surface area contributed by atoms with Crippen LogP contribution in [0.3, 0.4) is 0 Å². The van der Waals surface area contributed by atoms with Gasteiger partial charge in [-0.2, -0.15) is 0 Å². The molecule has 6 unspecified atom stereocenters. The summed E-state index contributed by atoms with van der Waals surface area (Å²) in [4.78, 5) is 0. The summed E-state index contributed by atoms with van der Waals surface area (Å²) in [5, 5.41) is 9.83. The minimum atomic E-state index is -0.443. The number of hydrogen-bond donors (Lipinski definition) is 1. The summed E-state index contributed by atoms with van der Waals surface area (Å²) in [6, 6.07) is 0. The zero-order valence-corrected chi connectivity index (χ0v) is 8.84. The van der Waals surface area contributed by atoms with Gasteiger partial charge in [0.2, 0.25) is 0 Å². The summed E-state index contributed by atoms with van der Waals surface area (Å²) >= 11 is 0. The lowest BCUT2D eigenvalue weighted by Crippen LogP contribution is -2.58. The van der Waals surface area contributed by atoms with Gasteiger partial charge in [0.25, 0.3) is 0 Å². The van der Waals surface area contributed by atoms with E-state index in [9.17, 15) is 5.11 Å². The van der Waals surface area contributed by atoms with Gasteiger partial charge in [0.05, 0.1) is 24.9 Å². The highest BCUT2D eigenvalue weighted by Gasteiger charge is 2.44. The molecule has 2 saturated heterocycles. The maximum atomic E-state index is 9.83. The molecule has 0 aliphatic carbocycles. The molecule has 82 valence electrons. The second-order valence-electron chi connectivity index (χ2n) is 4.23. The van der Waals surface area contributed by atoms with Crippen molar-refractivity contribution in [3.8, 4) is 0 Å². The number of fused-ring (bicyclic) bond motifs is 1. The van der Waals surface area contributed by atoms with E-state index in [0.29, 0.717) is 6.61 Å². The Kier molecular flexibility index (Phi) is 2.79. The van der Waals surface area contributed by atoms with E-state index >= 15 is 0 Å². The van der Waals surface area contributed by atoms with Gasteiger partial charge in [0.15, 0.2) is 6.29 Å². The minimum Gasteiger partial charge on any atom is -0.390 e. The van der Waals surface area contributed by atoms with E-state index in [-0.39, 0.29) is 30.5 Å². The standard InChI is InChI=1S/C10H18O4/c1-5-9(11)6(2)13-8-4-12-7(3)14-10(5)8/h5-11H,4H2,1-3H3. The first-order valence-electron chi connectivity index (χ1n) is 5.20. The third-order valence-electron chi connectivity index (χ3n) is 3.14. The summed E-state index contributed by atoms with van der Waals surface area (Å²) in [7, 11) is 0. The first-order valence-corrected chi connectivity index (χ1v) is 5.20. The lowest BCUT2D eigenvalue weighted by Gasteiger charge is -2.46.